The van der Waals surface area contributed by atoms with Crippen LogP contribution in [0, 0.1) is 0 Å². The number of nitrogens with zero attached hydrogens (tertiary/aromatic N) is 1. The van der Waals surface area contributed by atoms with Crippen LogP contribution in [0.3, 0.4) is 0 Å². The largest absolute Gasteiger partial charge is 0.390 e. The van der Waals surface area contributed by atoms with E-state index < -0.39 is 0 Å². The van der Waals surface area contributed by atoms with Crippen LogP contribution in [0.25, 0.3) is 0 Å². The van der Waals surface area contributed by atoms with Gasteiger partial charge in [-0.3, -0.25) is 4.90 Å². The van der Waals surface area contributed by atoms with Gasteiger partial charge in [-0.15, -0.1) is 0 Å². The van der Waals surface area contributed by atoms with Gasteiger partial charge in [-0.25, -0.2) is 0 Å². The van der Waals surface area contributed by atoms with Crippen LogP contribution in [0.5, 0.6) is 0 Å². The predicted octanol–water partition coefficient (Wildman–Crippen LogP) is 0.212. The van der Waals surface area contributed by atoms with Crippen molar-refractivity contribution >= 4 is 0 Å². The first-order valence-electron chi connectivity index (χ1n) is 6.58. The van der Waals surface area contributed by atoms with Crippen LogP contribution < -0.4 is 5.32 Å². The summed E-state index contributed by atoms with van der Waals surface area (Å²) in [7, 11) is 0. The first-order valence-corrected chi connectivity index (χ1v) is 6.58. The van der Waals surface area contributed by atoms with Crippen LogP contribution in [-0.2, 0) is 4.74 Å². The van der Waals surface area contributed by atoms with E-state index in [1.165, 1.54) is 19.3 Å². The molecule has 2 aliphatic rings. The lowest BCUT2D eigenvalue weighted by atomic mass is 10.0. The Hall–Kier alpha value is -0.160. The maximum atomic E-state index is 10.2. The van der Waals surface area contributed by atoms with Crippen molar-refractivity contribution in [2.75, 3.05) is 39.4 Å². The van der Waals surface area contributed by atoms with Gasteiger partial charge in [0.1, 0.15) is 0 Å². The van der Waals surface area contributed by atoms with Crippen LogP contribution in [0.15, 0.2) is 0 Å². The lowest BCUT2D eigenvalue weighted by Gasteiger charge is -2.31. The maximum absolute atomic E-state index is 10.2. The molecule has 0 radical (unpaired) electrons. The minimum Gasteiger partial charge on any atom is -0.390 e. The van der Waals surface area contributed by atoms with Crippen molar-refractivity contribution in [2.45, 2.75) is 37.8 Å². The van der Waals surface area contributed by atoms with E-state index in [4.69, 9.17) is 4.74 Å². The van der Waals surface area contributed by atoms with Crippen LogP contribution in [0.1, 0.15) is 25.7 Å². The van der Waals surface area contributed by atoms with Crippen molar-refractivity contribution in [3.63, 3.8) is 0 Å². The Balaban J connectivity index is 1.74. The zero-order valence-electron chi connectivity index (χ0n) is 10.0. The van der Waals surface area contributed by atoms with Gasteiger partial charge in [0.05, 0.1) is 19.3 Å². The molecule has 0 aliphatic carbocycles. The van der Waals surface area contributed by atoms with Gasteiger partial charge in [-0.2, -0.15) is 0 Å². The van der Waals surface area contributed by atoms with Gasteiger partial charge in [-0.1, -0.05) is 12.8 Å². The Morgan fingerprint density at radius 1 is 1.25 bits per heavy atom. The van der Waals surface area contributed by atoms with Crippen LogP contribution >= 0.6 is 0 Å². The second kappa shape index (κ2) is 6.55. The molecule has 94 valence electrons. The van der Waals surface area contributed by atoms with Crippen LogP contribution in [0.2, 0.25) is 0 Å². The highest BCUT2D eigenvalue weighted by molar-refractivity contribution is 4.81. The summed E-state index contributed by atoms with van der Waals surface area (Å²) in [6.07, 6.45) is 4.69. The molecule has 2 fully saturated rings. The minimum absolute atomic E-state index is 0.226. The molecular formula is C12H24N2O2. The zero-order chi connectivity index (χ0) is 11.2. The summed E-state index contributed by atoms with van der Waals surface area (Å²) in [5.74, 6) is 0. The minimum atomic E-state index is -0.226. The SMILES string of the molecule is OC(CN1CCOCC1)C1CCCCCN1. The first kappa shape index (κ1) is 12.3. The lowest BCUT2D eigenvalue weighted by Crippen LogP contribution is -2.48. The van der Waals surface area contributed by atoms with Crippen molar-refractivity contribution in [1.82, 2.24) is 10.2 Å². The molecule has 0 saturated carbocycles. The number of aliphatic hydroxyl groups excluding tert-OH is 1. The van der Waals surface area contributed by atoms with E-state index in [1.807, 2.05) is 0 Å². The third kappa shape index (κ3) is 3.70. The Morgan fingerprint density at radius 2 is 2.06 bits per heavy atom. The van der Waals surface area contributed by atoms with E-state index in [-0.39, 0.29) is 6.10 Å². The number of hydrogen-bond acceptors (Lipinski definition) is 4. The Labute approximate surface area is 98.0 Å². The van der Waals surface area contributed by atoms with Crippen molar-refractivity contribution in [2.24, 2.45) is 0 Å². The van der Waals surface area contributed by atoms with Gasteiger partial charge in [0.25, 0.3) is 0 Å². The molecule has 2 atom stereocenters. The average Bonchev–Trinajstić information content (AvgIpc) is 2.59. The maximum Gasteiger partial charge on any atom is 0.0819 e. The topological polar surface area (TPSA) is 44.7 Å². The van der Waals surface area contributed by atoms with E-state index in [0.717, 1.165) is 45.8 Å². The van der Waals surface area contributed by atoms with E-state index >= 15 is 0 Å². The molecule has 2 rings (SSSR count). The van der Waals surface area contributed by atoms with Gasteiger partial charge in [0.2, 0.25) is 0 Å². The summed E-state index contributed by atoms with van der Waals surface area (Å²) in [5, 5.41) is 13.7. The van der Waals surface area contributed by atoms with Gasteiger partial charge >= 0.3 is 0 Å². The molecule has 0 amide bonds. The number of morpholine rings is 1. The Bertz CT molecular complexity index is 187. The first-order chi connectivity index (χ1) is 7.86. The van der Waals surface area contributed by atoms with E-state index in [1.54, 1.807) is 0 Å². The molecule has 0 bridgehead atoms. The standard InChI is InChI=1S/C12H24N2O2/c15-12(10-14-6-8-16-9-7-14)11-4-2-1-3-5-13-11/h11-13,15H,1-10H2. The summed E-state index contributed by atoms with van der Waals surface area (Å²) in [4.78, 5) is 2.31. The Morgan fingerprint density at radius 3 is 2.88 bits per heavy atom. The molecule has 2 aliphatic heterocycles. The fraction of sp³-hybridized carbons (Fsp3) is 1.00. The van der Waals surface area contributed by atoms with Crippen molar-refractivity contribution < 1.29 is 9.84 Å². The molecule has 4 nitrogen and oxygen atoms in total. The number of rotatable bonds is 3. The molecule has 16 heavy (non-hydrogen) atoms. The second-order valence-electron chi connectivity index (χ2n) is 4.89. The molecule has 2 N–H and O–H groups in total. The van der Waals surface area contributed by atoms with Crippen molar-refractivity contribution in [1.29, 1.82) is 0 Å². The number of β-amino-alcohol motifs (C(OH)–C–C–N with tert-alkyl or cyclic N) is 1. The summed E-state index contributed by atoms with van der Waals surface area (Å²) in [6.45, 7) is 5.40. The molecule has 0 aromatic rings. The monoisotopic (exact) mass is 228 g/mol. The number of nitrogens with one attached hydrogen (secondary N) is 1. The zero-order valence-corrected chi connectivity index (χ0v) is 10.0. The molecule has 2 heterocycles. The summed E-state index contributed by atoms with van der Waals surface area (Å²) in [6, 6.07) is 0.297. The van der Waals surface area contributed by atoms with Gasteiger partial charge in [0, 0.05) is 25.7 Å². The number of ether oxygens (including phenoxy) is 1. The van der Waals surface area contributed by atoms with E-state index in [2.05, 4.69) is 10.2 Å². The normalized spacial score (nSPS) is 30.9. The third-order valence-electron chi connectivity index (χ3n) is 3.61. The van der Waals surface area contributed by atoms with E-state index in [9.17, 15) is 5.11 Å². The smallest absolute Gasteiger partial charge is 0.0819 e. The Kier molecular flexibility index (Phi) is 5.03. The number of aliphatic hydroxyl groups is 1. The molecule has 2 saturated heterocycles. The van der Waals surface area contributed by atoms with Crippen LogP contribution in [0.4, 0.5) is 0 Å². The fourth-order valence-corrected chi connectivity index (χ4v) is 2.56. The van der Waals surface area contributed by atoms with Crippen molar-refractivity contribution in [3.05, 3.63) is 0 Å². The quantitative estimate of drug-likeness (QED) is 0.725. The average molecular weight is 228 g/mol. The highest BCUT2D eigenvalue weighted by atomic mass is 16.5. The summed E-state index contributed by atoms with van der Waals surface area (Å²) in [5.41, 5.74) is 0. The highest BCUT2D eigenvalue weighted by Crippen LogP contribution is 2.12. The third-order valence-corrected chi connectivity index (χ3v) is 3.61. The van der Waals surface area contributed by atoms with Gasteiger partial charge in [0.15, 0.2) is 0 Å². The molecule has 0 aromatic heterocycles. The number of hydrogen-bond donors (Lipinski definition) is 2. The van der Waals surface area contributed by atoms with Gasteiger partial charge < -0.3 is 15.2 Å². The lowest BCUT2D eigenvalue weighted by molar-refractivity contribution is 0.00614. The fourth-order valence-electron chi connectivity index (χ4n) is 2.56. The summed E-state index contributed by atoms with van der Waals surface area (Å²) < 4.78 is 5.31. The predicted molar refractivity (Wildman–Crippen MR) is 63.5 cm³/mol. The van der Waals surface area contributed by atoms with Crippen molar-refractivity contribution in [3.8, 4) is 0 Å². The highest BCUT2D eigenvalue weighted by Gasteiger charge is 2.23. The molecule has 0 spiro atoms. The van der Waals surface area contributed by atoms with Crippen LogP contribution in [-0.4, -0.2) is 61.5 Å². The summed E-state index contributed by atoms with van der Waals surface area (Å²) >= 11 is 0. The van der Waals surface area contributed by atoms with Gasteiger partial charge in [-0.05, 0) is 19.4 Å². The second-order valence-corrected chi connectivity index (χ2v) is 4.89. The van der Waals surface area contributed by atoms with E-state index in [0.29, 0.717) is 6.04 Å². The molecular weight excluding hydrogens is 204 g/mol. The molecule has 4 heteroatoms. The molecule has 0 aromatic carbocycles. The molecule has 2 unspecified atom stereocenters.